The van der Waals surface area contributed by atoms with Crippen molar-refractivity contribution in [3.8, 4) is 0 Å². The lowest BCUT2D eigenvalue weighted by Crippen LogP contribution is -2.41. The Morgan fingerprint density at radius 1 is 1.32 bits per heavy atom. The van der Waals surface area contributed by atoms with Gasteiger partial charge in [-0.15, -0.1) is 0 Å². The summed E-state index contributed by atoms with van der Waals surface area (Å²) in [5, 5.41) is 18.5. The molecule has 0 fully saturated rings. The van der Waals surface area contributed by atoms with Gasteiger partial charge in [0.25, 0.3) is 5.70 Å². The van der Waals surface area contributed by atoms with E-state index in [1.165, 1.54) is 13.8 Å². The summed E-state index contributed by atoms with van der Waals surface area (Å²) in [6.07, 6.45) is -5.91. The zero-order valence-electron chi connectivity index (χ0n) is 11.2. The van der Waals surface area contributed by atoms with Crippen molar-refractivity contribution in [3.05, 3.63) is 21.5 Å². The molecule has 0 aliphatic carbocycles. The number of alkyl halides is 3. The number of halogens is 3. The first-order valence-corrected chi connectivity index (χ1v) is 5.90. The van der Waals surface area contributed by atoms with Gasteiger partial charge in [-0.05, 0) is 5.92 Å². The van der Waals surface area contributed by atoms with Gasteiger partial charge in [-0.3, -0.25) is 10.1 Å². The number of azo groups is 1. The minimum atomic E-state index is -4.54. The van der Waals surface area contributed by atoms with Crippen LogP contribution in [0.15, 0.2) is 21.6 Å². The van der Waals surface area contributed by atoms with Crippen molar-refractivity contribution in [3.63, 3.8) is 0 Å². The highest BCUT2D eigenvalue weighted by Crippen LogP contribution is 2.47. The van der Waals surface area contributed by atoms with Gasteiger partial charge >= 0.3 is 6.18 Å². The number of allylic oxidation sites excluding steroid dienone is 1. The molecular formula is C11H16F3N3O2. The molecule has 0 aromatic carbocycles. The van der Waals surface area contributed by atoms with Gasteiger partial charge in [-0.1, -0.05) is 27.7 Å². The van der Waals surface area contributed by atoms with Gasteiger partial charge in [0.05, 0.1) is 11.3 Å². The molecule has 1 aliphatic rings. The molecule has 0 amide bonds. The number of hydrogen-bond acceptors (Lipinski definition) is 4. The average Bonchev–Trinajstić information content (AvgIpc) is 2.55. The molecule has 0 saturated heterocycles. The second-order valence-electron chi connectivity index (χ2n) is 5.22. The monoisotopic (exact) mass is 279 g/mol. The summed E-state index contributed by atoms with van der Waals surface area (Å²) in [5.41, 5.74) is -2.40. The Kier molecular flexibility index (Phi) is 4.02. The maximum absolute atomic E-state index is 12.7. The largest absolute Gasteiger partial charge is 0.392 e. The highest BCUT2D eigenvalue weighted by molar-refractivity contribution is 5.27. The van der Waals surface area contributed by atoms with Crippen LogP contribution in [0.4, 0.5) is 13.2 Å². The van der Waals surface area contributed by atoms with Crippen LogP contribution in [0.2, 0.25) is 0 Å². The Hall–Kier alpha value is -1.47. The third kappa shape index (κ3) is 2.93. The fourth-order valence-corrected chi connectivity index (χ4v) is 2.12. The van der Waals surface area contributed by atoms with E-state index in [0.717, 1.165) is 0 Å². The van der Waals surface area contributed by atoms with E-state index < -0.39 is 34.7 Å². The van der Waals surface area contributed by atoms with E-state index in [2.05, 4.69) is 10.2 Å². The van der Waals surface area contributed by atoms with E-state index in [9.17, 15) is 23.3 Å². The molecule has 1 heterocycles. The van der Waals surface area contributed by atoms with Gasteiger partial charge < -0.3 is 0 Å². The lowest BCUT2D eigenvalue weighted by atomic mass is 9.80. The Morgan fingerprint density at radius 2 is 1.84 bits per heavy atom. The molecule has 0 bridgehead atoms. The van der Waals surface area contributed by atoms with Gasteiger partial charge in [-0.2, -0.15) is 23.4 Å². The van der Waals surface area contributed by atoms with Crippen LogP contribution in [-0.4, -0.2) is 16.6 Å². The quantitative estimate of drug-likeness (QED) is 0.577. The topological polar surface area (TPSA) is 67.9 Å². The van der Waals surface area contributed by atoms with E-state index >= 15 is 0 Å². The van der Waals surface area contributed by atoms with Gasteiger partial charge in [0.2, 0.25) is 0 Å². The van der Waals surface area contributed by atoms with Crippen LogP contribution < -0.4 is 0 Å². The van der Waals surface area contributed by atoms with Crippen LogP contribution in [0.5, 0.6) is 0 Å². The molecule has 8 heteroatoms. The standard InChI is InChI=1S/C11H16F3N3O2/c1-6(2)8-9(17(18)19)10(7(3)4,16-15-8)5-11(12,13)14/h6-7H,5H2,1-4H3. The smallest absolute Gasteiger partial charge is 0.258 e. The summed E-state index contributed by atoms with van der Waals surface area (Å²) in [7, 11) is 0. The maximum atomic E-state index is 12.7. The third-order valence-corrected chi connectivity index (χ3v) is 3.14. The molecule has 1 rings (SSSR count). The van der Waals surface area contributed by atoms with Crippen molar-refractivity contribution in [1.82, 2.24) is 0 Å². The molecule has 1 unspecified atom stereocenters. The summed E-state index contributed by atoms with van der Waals surface area (Å²) in [6.45, 7) is 6.25. The van der Waals surface area contributed by atoms with Gasteiger partial charge in [0.1, 0.15) is 5.70 Å². The van der Waals surface area contributed by atoms with Gasteiger partial charge in [-0.25, -0.2) is 0 Å². The van der Waals surface area contributed by atoms with Crippen LogP contribution in [0.3, 0.4) is 0 Å². The molecule has 0 aromatic heterocycles. The molecule has 5 nitrogen and oxygen atoms in total. The van der Waals surface area contributed by atoms with Gasteiger partial charge in [0, 0.05) is 5.92 Å². The van der Waals surface area contributed by atoms with Crippen molar-refractivity contribution in [2.24, 2.45) is 22.1 Å². The summed E-state index contributed by atoms with van der Waals surface area (Å²) >= 11 is 0. The molecule has 0 radical (unpaired) electrons. The minimum Gasteiger partial charge on any atom is -0.258 e. The number of nitrogens with zero attached hydrogens (tertiary/aromatic N) is 3. The van der Waals surface area contributed by atoms with Crippen LogP contribution in [0.1, 0.15) is 34.1 Å². The molecule has 0 saturated carbocycles. The fourth-order valence-electron chi connectivity index (χ4n) is 2.12. The number of hydrogen-bond donors (Lipinski definition) is 0. The summed E-state index contributed by atoms with van der Waals surface area (Å²) in [5.74, 6) is -1.02. The fraction of sp³-hybridized carbons (Fsp3) is 0.818. The molecule has 1 atom stereocenters. The highest BCUT2D eigenvalue weighted by Gasteiger charge is 2.57. The van der Waals surface area contributed by atoms with Gasteiger partial charge in [0.15, 0.2) is 5.54 Å². The predicted molar refractivity (Wildman–Crippen MR) is 62.0 cm³/mol. The summed E-state index contributed by atoms with van der Waals surface area (Å²) in [4.78, 5) is 10.4. The maximum Gasteiger partial charge on any atom is 0.392 e. The van der Waals surface area contributed by atoms with Crippen molar-refractivity contribution >= 4 is 0 Å². The van der Waals surface area contributed by atoms with Crippen LogP contribution in [0.25, 0.3) is 0 Å². The highest BCUT2D eigenvalue weighted by atomic mass is 19.4. The first-order chi connectivity index (χ1) is 8.51. The van der Waals surface area contributed by atoms with Crippen molar-refractivity contribution < 1.29 is 18.1 Å². The second-order valence-corrected chi connectivity index (χ2v) is 5.22. The number of nitro groups is 1. The minimum absolute atomic E-state index is 0.0305. The lowest BCUT2D eigenvalue weighted by Gasteiger charge is -2.28. The molecule has 0 N–H and O–H groups in total. The van der Waals surface area contributed by atoms with E-state index in [1.807, 2.05) is 0 Å². The van der Waals surface area contributed by atoms with Crippen molar-refractivity contribution in [1.29, 1.82) is 0 Å². The Labute approximate surface area is 108 Å². The van der Waals surface area contributed by atoms with E-state index in [-0.39, 0.29) is 11.6 Å². The second kappa shape index (κ2) is 4.90. The summed E-state index contributed by atoms with van der Waals surface area (Å²) in [6, 6.07) is 0. The Morgan fingerprint density at radius 3 is 2.16 bits per heavy atom. The lowest BCUT2D eigenvalue weighted by molar-refractivity contribution is -0.438. The Balaban J connectivity index is 3.41. The normalized spacial score (nSPS) is 23.8. The van der Waals surface area contributed by atoms with Crippen molar-refractivity contribution in [2.45, 2.75) is 45.8 Å². The molecule has 0 spiro atoms. The van der Waals surface area contributed by atoms with E-state index in [0.29, 0.717) is 0 Å². The molecule has 1 aliphatic heterocycles. The first-order valence-electron chi connectivity index (χ1n) is 5.90. The molecule has 0 aromatic rings. The average molecular weight is 279 g/mol. The van der Waals surface area contributed by atoms with E-state index in [4.69, 9.17) is 0 Å². The van der Waals surface area contributed by atoms with Crippen LogP contribution in [0, 0.1) is 22.0 Å². The SMILES string of the molecule is CC(C)C1=C([N+](=O)[O-])C(CC(F)(F)F)(C(C)C)N=N1. The predicted octanol–water partition coefficient (Wildman–Crippen LogP) is 3.94. The zero-order chi connectivity index (χ0) is 15.0. The van der Waals surface area contributed by atoms with E-state index in [1.54, 1.807) is 13.8 Å². The van der Waals surface area contributed by atoms with Crippen LogP contribution >= 0.6 is 0 Å². The molecule has 19 heavy (non-hydrogen) atoms. The summed E-state index contributed by atoms with van der Waals surface area (Å²) < 4.78 is 38.2. The van der Waals surface area contributed by atoms with Crippen molar-refractivity contribution in [2.75, 3.05) is 0 Å². The zero-order valence-corrected chi connectivity index (χ0v) is 11.2. The third-order valence-electron chi connectivity index (χ3n) is 3.14. The van der Waals surface area contributed by atoms with Crippen LogP contribution in [-0.2, 0) is 0 Å². The molecular weight excluding hydrogens is 263 g/mol. The Bertz CT molecular complexity index is 441. The molecule has 108 valence electrons. The first kappa shape index (κ1) is 15.6. The number of rotatable bonds is 4.